The monoisotopic (exact) mass is 376 g/mol. The molecule has 0 saturated heterocycles. The summed E-state index contributed by atoms with van der Waals surface area (Å²) in [4.78, 5) is 0. The molecule has 5 nitrogen and oxygen atoms in total. The fraction of sp³-hybridized carbons (Fsp3) is 1.00. The molecule has 0 amide bonds. The fourth-order valence-corrected chi connectivity index (χ4v) is 6.37. The molecule has 150 valence electrons. The smallest absolute Gasteiger partial charge is 0.390 e. The van der Waals surface area contributed by atoms with Crippen LogP contribution >= 0.6 is 0 Å². The number of rotatable bonds is 14. The second-order valence-corrected chi connectivity index (χ2v) is 9.62. The van der Waals surface area contributed by atoms with Gasteiger partial charge in [0.25, 0.3) is 0 Å². The Morgan fingerprint density at radius 1 is 0.920 bits per heavy atom. The minimum Gasteiger partial charge on any atom is -0.390 e. The lowest BCUT2D eigenvalue weighted by atomic mass is 9.84. The Balaban J connectivity index is 2.50. The number of unbranched alkanes of at least 4 members (excludes halogenated alkanes) is 2. The van der Waals surface area contributed by atoms with Gasteiger partial charge >= 0.3 is 8.80 Å². The second-order valence-electron chi connectivity index (χ2n) is 6.88. The summed E-state index contributed by atoms with van der Waals surface area (Å²) < 4.78 is 23.8. The van der Waals surface area contributed by atoms with Crippen molar-refractivity contribution in [2.24, 2.45) is 5.92 Å². The maximum atomic E-state index is 10.2. The third-order valence-corrected chi connectivity index (χ3v) is 7.98. The Bertz CT molecular complexity index is 312. The maximum Gasteiger partial charge on any atom is 0.500 e. The van der Waals surface area contributed by atoms with Gasteiger partial charge in [0.2, 0.25) is 0 Å². The molecular weight excluding hydrogens is 336 g/mol. The molecule has 0 aliphatic heterocycles. The average Bonchev–Trinajstić information content (AvgIpc) is 2.60. The van der Waals surface area contributed by atoms with Crippen LogP contribution in [0.2, 0.25) is 6.04 Å². The van der Waals surface area contributed by atoms with Crippen molar-refractivity contribution in [3.05, 3.63) is 0 Å². The van der Waals surface area contributed by atoms with E-state index in [2.05, 4.69) is 6.92 Å². The van der Waals surface area contributed by atoms with Gasteiger partial charge in [0, 0.05) is 32.5 Å². The molecule has 1 fully saturated rings. The molecule has 1 saturated carbocycles. The van der Waals surface area contributed by atoms with E-state index in [4.69, 9.17) is 18.0 Å². The predicted molar refractivity (Wildman–Crippen MR) is 103 cm³/mol. The summed E-state index contributed by atoms with van der Waals surface area (Å²) in [5.41, 5.74) is 0. The fourth-order valence-electron chi connectivity index (χ4n) is 3.61. The number of aliphatic hydroxyl groups excluding tert-OH is 1. The molecule has 6 heteroatoms. The van der Waals surface area contributed by atoms with Crippen LogP contribution in [0.25, 0.3) is 0 Å². The summed E-state index contributed by atoms with van der Waals surface area (Å²) in [6.07, 6.45) is 6.97. The lowest BCUT2D eigenvalue weighted by Crippen LogP contribution is -2.46. The summed E-state index contributed by atoms with van der Waals surface area (Å²) in [6.45, 7) is 10.8. The van der Waals surface area contributed by atoms with Gasteiger partial charge in [-0.3, -0.25) is 0 Å². The van der Waals surface area contributed by atoms with Gasteiger partial charge in [0.05, 0.1) is 12.2 Å². The zero-order valence-corrected chi connectivity index (χ0v) is 17.8. The number of aliphatic hydroxyl groups is 1. The van der Waals surface area contributed by atoms with Gasteiger partial charge in [-0.15, -0.1) is 0 Å². The van der Waals surface area contributed by atoms with Crippen LogP contribution in [0.4, 0.5) is 0 Å². The van der Waals surface area contributed by atoms with E-state index in [0.29, 0.717) is 25.7 Å². The first-order chi connectivity index (χ1) is 12.1. The van der Waals surface area contributed by atoms with Crippen LogP contribution in [0.5, 0.6) is 0 Å². The van der Waals surface area contributed by atoms with Crippen LogP contribution in [-0.4, -0.2) is 52.5 Å². The molecule has 0 aromatic rings. The van der Waals surface area contributed by atoms with Gasteiger partial charge in [0.1, 0.15) is 0 Å². The van der Waals surface area contributed by atoms with Crippen molar-refractivity contribution in [2.75, 3.05) is 26.4 Å². The molecule has 0 heterocycles. The van der Waals surface area contributed by atoms with Crippen molar-refractivity contribution in [1.82, 2.24) is 0 Å². The predicted octanol–water partition coefficient (Wildman–Crippen LogP) is 4.16. The largest absolute Gasteiger partial charge is 0.500 e. The van der Waals surface area contributed by atoms with E-state index in [1.807, 2.05) is 20.8 Å². The molecule has 0 aromatic heterocycles. The molecule has 1 aliphatic carbocycles. The number of hydrogen-bond acceptors (Lipinski definition) is 5. The van der Waals surface area contributed by atoms with Crippen molar-refractivity contribution >= 4 is 8.80 Å². The Morgan fingerprint density at radius 2 is 1.56 bits per heavy atom. The summed E-state index contributed by atoms with van der Waals surface area (Å²) in [5.74, 6) is 0.549. The number of hydrogen-bond donors (Lipinski definition) is 1. The second kappa shape index (κ2) is 13.2. The highest BCUT2D eigenvalue weighted by Gasteiger charge is 2.41. The molecule has 3 atom stereocenters. The SMILES string of the molecule is CCCCCOC1CC(CC[Si](OCC)(OCC)OCC)CCC1O. The Morgan fingerprint density at radius 3 is 2.12 bits per heavy atom. The van der Waals surface area contributed by atoms with E-state index in [0.717, 1.165) is 44.8 Å². The van der Waals surface area contributed by atoms with E-state index >= 15 is 0 Å². The van der Waals surface area contributed by atoms with Crippen molar-refractivity contribution in [3.63, 3.8) is 0 Å². The van der Waals surface area contributed by atoms with Gasteiger partial charge < -0.3 is 23.1 Å². The van der Waals surface area contributed by atoms with Crippen LogP contribution < -0.4 is 0 Å². The van der Waals surface area contributed by atoms with Crippen molar-refractivity contribution in [1.29, 1.82) is 0 Å². The van der Waals surface area contributed by atoms with E-state index < -0.39 is 8.80 Å². The minimum atomic E-state index is -2.56. The Labute approximate surface area is 155 Å². The summed E-state index contributed by atoms with van der Waals surface area (Å²) in [6, 6.07) is 0.853. The molecule has 0 bridgehead atoms. The third-order valence-electron chi connectivity index (χ3n) is 4.90. The third kappa shape index (κ3) is 8.50. The highest BCUT2D eigenvalue weighted by molar-refractivity contribution is 6.60. The topological polar surface area (TPSA) is 57.2 Å². The number of ether oxygens (including phenoxy) is 1. The van der Waals surface area contributed by atoms with Crippen LogP contribution in [0.1, 0.15) is 72.6 Å². The van der Waals surface area contributed by atoms with Gasteiger partial charge in [-0.1, -0.05) is 19.8 Å². The van der Waals surface area contributed by atoms with Gasteiger partial charge in [-0.2, -0.15) is 0 Å². The Hall–Kier alpha value is 0.0169. The first kappa shape index (κ1) is 23.1. The van der Waals surface area contributed by atoms with E-state index in [-0.39, 0.29) is 12.2 Å². The Kier molecular flexibility index (Phi) is 12.2. The van der Waals surface area contributed by atoms with E-state index in [9.17, 15) is 5.11 Å². The summed E-state index contributed by atoms with van der Waals surface area (Å²) >= 11 is 0. The van der Waals surface area contributed by atoms with E-state index in [1.165, 1.54) is 12.8 Å². The van der Waals surface area contributed by atoms with Gasteiger partial charge in [-0.05, 0) is 58.8 Å². The van der Waals surface area contributed by atoms with Crippen LogP contribution in [0.3, 0.4) is 0 Å². The maximum absolute atomic E-state index is 10.2. The highest BCUT2D eigenvalue weighted by Crippen LogP contribution is 2.32. The molecule has 0 radical (unpaired) electrons. The lowest BCUT2D eigenvalue weighted by molar-refractivity contribution is -0.0728. The van der Waals surface area contributed by atoms with Crippen LogP contribution in [0.15, 0.2) is 0 Å². The molecular formula is C19H40O5Si. The summed E-state index contributed by atoms with van der Waals surface area (Å²) in [5, 5.41) is 10.2. The quantitative estimate of drug-likeness (QED) is 0.364. The van der Waals surface area contributed by atoms with Crippen LogP contribution in [-0.2, 0) is 18.0 Å². The average molecular weight is 377 g/mol. The first-order valence-electron chi connectivity index (χ1n) is 10.3. The van der Waals surface area contributed by atoms with Gasteiger partial charge in [-0.25, -0.2) is 0 Å². The summed E-state index contributed by atoms with van der Waals surface area (Å²) in [7, 11) is -2.56. The van der Waals surface area contributed by atoms with Gasteiger partial charge in [0.15, 0.2) is 0 Å². The zero-order valence-electron chi connectivity index (χ0n) is 16.8. The standard InChI is InChI=1S/C19H40O5Si/c1-5-9-10-14-21-19-16-17(11-12-18(19)20)13-15-25(22-6-2,23-7-3)24-8-4/h17-20H,5-16H2,1-4H3. The zero-order chi connectivity index (χ0) is 18.5. The first-order valence-corrected chi connectivity index (χ1v) is 12.2. The van der Waals surface area contributed by atoms with Crippen molar-refractivity contribution < 1.29 is 23.1 Å². The molecule has 0 aromatic carbocycles. The molecule has 3 unspecified atom stereocenters. The van der Waals surface area contributed by atoms with Crippen molar-refractivity contribution in [2.45, 2.75) is 90.9 Å². The molecule has 1 rings (SSSR count). The highest BCUT2D eigenvalue weighted by atomic mass is 28.4. The molecule has 25 heavy (non-hydrogen) atoms. The normalized spacial score (nSPS) is 24.6. The van der Waals surface area contributed by atoms with Crippen molar-refractivity contribution in [3.8, 4) is 0 Å². The van der Waals surface area contributed by atoms with Crippen LogP contribution in [0, 0.1) is 5.92 Å². The minimum absolute atomic E-state index is 0.0158. The molecule has 1 N–H and O–H groups in total. The molecule has 0 spiro atoms. The lowest BCUT2D eigenvalue weighted by Gasteiger charge is -2.35. The van der Waals surface area contributed by atoms with E-state index in [1.54, 1.807) is 0 Å². The molecule has 1 aliphatic rings.